The molecule has 18 heavy (non-hydrogen) atoms. The molecule has 0 fully saturated rings. The van der Waals surface area contributed by atoms with Crippen molar-refractivity contribution in [2.24, 2.45) is 5.73 Å². The van der Waals surface area contributed by atoms with Gasteiger partial charge in [-0.2, -0.15) is 5.10 Å². The first kappa shape index (κ1) is 11.4. The molecule has 0 bridgehead atoms. The van der Waals surface area contributed by atoms with Crippen molar-refractivity contribution in [1.29, 1.82) is 0 Å². The van der Waals surface area contributed by atoms with Gasteiger partial charge in [0.05, 0.1) is 6.20 Å². The first-order valence-electron chi connectivity index (χ1n) is 6.34. The Kier molecular flexibility index (Phi) is 2.88. The number of rotatable bonds is 1. The van der Waals surface area contributed by atoms with Crippen LogP contribution in [0.5, 0.6) is 0 Å². The predicted molar refractivity (Wildman–Crippen MR) is 68.0 cm³/mol. The monoisotopic (exact) mass is 245 g/mol. The molecular weight excluding hydrogens is 229 g/mol. The summed E-state index contributed by atoms with van der Waals surface area (Å²) < 4.78 is 15.5. The summed E-state index contributed by atoms with van der Waals surface area (Å²) in [5.74, 6) is -0.249. The van der Waals surface area contributed by atoms with Crippen molar-refractivity contribution in [2.75, 3.05) is 0 Å². The summed E-state index contributed by atoms with van der Waals surface area (Å²) >= 11 is 0. The second kappa shape index (κ2) is 4.53. The molecule has 94 valence electrons. The van der Waals surface area contributed by atoms with Crippen LogP contribution in [0.2, 0.25) is 0 Å². The largest absolute Gasteiger partial charge is 0.324 e. The first-order chi connectivity index (χ1) is 8.77. The van der Waals surface area contributed by atoms with E-state index in [0.29, 0.717) is 5.69 Å². The summed E-state index contributed by atoms with van der Waals surface area (Å²) in [6, 6.07) is 6.75. The topological polar surface area (TPSA) is 43.8 Å². The van der Waals surface area contributed by atoms with Gasteiger partial charge in [-0.25, -0.2) is 9.07 Å². The van der Waals surface area contributed by atoms with Gasteiger partial charge in [0, 0.05) is 17.3 Å². The van der Waals surface area contributed by atoms with Gasteiger partial charge in [-0.1, -0.05) is 18.6 Å². The van der Waals surface area contributed by atoms with Crippen molar-refractivity contribution >= 4 is 0 Å². The van der Waals surface area contributed by atoms with Crippen LogP contribution in [0.15, 0.2) is 30.5 Å². The summed E-state index contributed by atoms with van der Waals surface area (Å²) in [6.07, 6.45) is 5.89. The highest BCUT2D eigenvalue weighted by atomic mass is 19.1. The van der Waals surface area contributed by atoms with Crippen molar-refractivity contribution in [3.8, 4) is 5.69 Å². The highest BCUT2D eigenvalue weighted by molar-refractivity contribution is 5.37. The molecule has 2 aromatic rings. The van der Waals surface area contributed by atoms with Crippen LogP contribution < -0.4 is 5.73 Å². The molecule has 3 nitrogen and oxygen atoms in total. The lowest BCUT2D eigenvalue weighted by molar-refractivity contribution is 0.600. The van der Waals surface area contributed by atoms with Crippen LogP contribution in [-0.2, 0) is 6.42 Å². The molecule has 1 atom stereocenters. The first-order valence-corrected chi connectivity index (χ1v) is 6.34. The van der Waals surface area contributed by atoms with E-state index in [0.717, 1.165) is 36.9 Å². The number of hydrogen-bond donors (Lipinski definition) is 1. The van der Waals surface area contributed by atoms with Crippen molar-refractivity contribution in [3.63, 3.8) is 0 Å². The third kappa shape index (κ3) is 1.82. The van der Waals surface area contributed by atoms with Gasteiger partial charge in [0.2, 0.25) is 0 Å². The summed E-state index contributed by atoms with van der Waals surface area (Å²) in [7, 11) is 0. The van der Waals surface area contributed by atoms with E-state index in [1.807, 2.05) is 6.07 Å². The number of halogens is 1. The van der Waals surface area contributed by atoms with Gasteiger partial charge in [-0.05, 0) is 31.4 Å². The fraction of sp³-hybridized carbons (Fsp3) is 0.357. The van der Waals surface area contributed by atoms with Gasteiger partial charge < -0.3 is 5.73 Å². The minimum Gasteiger partial charge on any atom is -0.324 e. The molecule has 0 amide bonds. The normalized spacial score (nSPS) is 19.3. The Labute approximate surface area is 105 Å². The molecule has 0 saturated heterocycles. The SMILES string of the molecule is NC1CCCCc2c1cnn2-c1ccccc1F. The van der Waals surface area contributed by atoms with Crippen molar-refractivity contribution in [3.05, 3.63) is 47.5 Å². The highest BCUT2D eigenvalue weighted by Gasteiger charge is 2.21. The third-order valence-electron chi connectivity index (χ3n) is 3.56. The van der Waals surface area contributed by atoms with Crippen molar-refractivity contribution < 1.29 is 4.39 Å². The maximum Gasteiger partial charge on any atom is 0.148 e. The molecular formula is C14H16FN3. The van der Waals surface area contributed by atoms with Crippen LogP contribution in [0.1, 0.15) is 36.6 Å². The Hall–Kier alpha value is -1.68. The summed E-state index contributed by atoms with van der Waals surface area (Å²) in [5, 5.41) is 4.32. The zero-order valence-corrected chi connectivity index (χ0v) is 10.1. The third-order valence-corrected chi connectivity index (χ3v) is 3.56. The van der Waals surface area contributed by atoms with Gasteiger partial charge in [-0.15, -0.1) is 0 Å². The molecule has 2 N–H and O–H groups in total. The number of aromatic nitrogens is 2. The van der Waals surface area contributed by atoms with Crippen molar-refractivity contribution in [2.45, 2.75) is 31.7 Å². The van der Waals surface area contributed by atoms with Crippen LogP contribution in [-0.4, -0.2) is 9.78 Å². The lowest BCUT2D eigenvalue weighted by Gasteiger charge is -2.10. The van der Waals surface area contributed by atoms with E-state index < -0.39 is 0 Å². The molecule has 4 heteroatoms. The average Bonchev–Trinajstić information content (AvgIpc) is 2.70. The number of nitrogens with zero attached hydrogens (tertiary/aromatic N) is 2. The lowest BCUT2D eigenvalue weighted by Crippen LogP contribution is -2.10. The predicted octanol–water partition coefficient (Wildman–Crippen LogP) is 2.74. The Morgan fingerprint density at radius 2 is 2.11 bits per heavy atom. The van der Waals surface area contributed by atoms with Crippen LogP contribution >= 0.6 is 0 Å². The molecule has 1 aliphatic rings. The minimum atomic E-state index is -0.249. The van der Waals surface area contributed by atoms with Gasteiger partial charge in [0.25, 0.3) is 0 Å². The molecule has 0 radical (unpaired) electrons. The summed E-state index contributed by atoms with van der Waals surface area (Å²) in [6.45, 7) is 0. The number of benzene rings is 1. The fourth-order valence-corrected chi connectivity index (χ4v) is 2.59. The second-order valence-electron chi connectivity index (χ2n) is 4.76. The van der Waals surface area contributed by atoms with Gasteiger partial charge in [0.15, 0.2) is 0 Å². The summed E-state index contributed by atoms with van der Waals surface area (Å²) in [4.78, 5) is 0. The van der Waals surface area contributed by atoms with Gasteiger partial charge >= 0.3 is 0 Å². The van der Waals surface area contributed by atoms with Crippen LogP contribution in [0.4, 0.5) is 4.39 Å². The van der Waals surface area contributed by atoms with Gasteiger partial charge in [0.1, 0.15) is 11.5 Å². The average molecular weight is 245 g/mol. The quantitative estimate of drug-likeness (QED) is 0.785. The molecule has 1 aromatic carbocycles. The Morgan fingerprint density at radius 1 is 1.28 bits per heavy atom. The van der Waals surface area contributed by atoms with E-state index in [9.17, 15) is 4.39 Å². The van der Waals surface area contributed by atoms with Gasteiger partial charge in [-0.3, -0.25) is 0 Å². The standard InChI is InChI=1S/C14H16FN3/c15-11-5-1-3-8-14(11)18-13-7-4-2-6-12(16)10(13)9-17-18/h1,3,5,8-9,12H,2,4,6-7,16H2. The molecule has 1 unspecified atom stereocenters. The number of fused-ring (bicyclic) bond motifs is 1. The molecule has 1 aliphatic carbocycles. The van der Waals surface area contributed by atoms with E-state index in [2.05, 4.69) is 5.10 Å². The molecule has 0 spiro atoms. The molecule has 0 aliphatic heterocycles. The van der Waals surface area contributed by atoms with Crippen LogP contribution in [0.3, 0.4) is 0 Å². The smallest absolute Gasteiger partial charge is 0.148 e. The van der Waals surface area contributed by atoms with E-state index in [1.165, 1.54) is 6.07 Å². The summed E-state index contributed by atoms with van der Waals surface area (Å²) in [5.41, 5.74) is 8.76. The Balaban J connectivity index is 2.12. The van der Waals surface area contributed by atoms with E-state index >= 15 is 0 Å². The fourth-order valence-electron chi connectivity index (χ4n) is 2.59. The van der Waals surface area contributed by atoms with E-state index in [4.69, 9.17) is 5.73 Å². The zero-order valence-electron chi connectivity index (χ0n) is 10.1. The Bertz CT molecular complexity index is 562. The number of nitrogens with two attached hydrogens (primary N) is 1. The molecule has 1 aromatic heterocycles. The lowest BCUT2D eigenvalue weighted by atomic mass is 10.1. The maximum atomic E-state index is 13.8. The number of para-hydroxylation sites is 1. The van der Waals surface area contributed by atoms with E-state index in [1.54, 1.807) is 23.0 Å². The zero-order chi connectivity index (χ0) is 12.5. The van der Waals surface area contributed by atoms with Crippen LogP contribution in [0.25, 0.3) is 5.69 Å². The molecule has 3 rings (SSSR count). The number of hydrogen-bond acceptors (Lipinski definition) is 2. The van der Waals surface area contributed by atoms with E-state index in [-0.39, 0.29) is 11.9 Å². The highest BCUT2D eigenvalue weighted by Crippen LogP contribution is 2.28. The Morgan fingerprint density at radius 3 is 2.94 bits per heavy atom. The van der Waals surface area contributed by atoms with Crippen molar-refractivity contribution in [1.82, 2.24) is 9.78 Å². The maximum absolute atomic E-state index is 13.8. The molecule has 0 saturated carbocycles. The molecule has 1 heterocycles. The van der Waals surface area contributed by atoms with Crippen LogP contribution in [0, 0.1) is 5.82 Å². The second-order valence-corrected chi connectivity index (χ2v) is 4.76. The minimum absolute atomic E-state index is 0.0306.